The lowest BCUT2D eigenvalue weighted by Gasteiger charge is -2.01. The van der Waals surface area contributed by atoms with Crippen LogP contribution >= 0.6 is 34.6 Å². The molecule has 0 unspecified atom stereocenters. The quantitative estimate of drug-likeness (QED) is 0.476. The maximum absolute atomic E-state index is 10.6. The fraction of sp³-hybridized carbons (Fsp3) is 0.222. The van der Waals surface area contributed by atoms with Crippen LogP contribution in [-0.2, 0) is 10.6 Å². The molecule has 5 heteroatoms. The molecule has 0 spiro atoms. The molecule has 0 fully saturated rings. The maximum atomic E-state index is 10.6. The molecule has 0 aromatic heterocycles. The van der Waals surface area contributed by atoms with E-state index < -0.39 is 0 Å². The van der Waals surface area contributed by atoms with Crippen molar-refractivity contribution in [2.24, 2.45) is 0 Å². The van der Waals surface area contributed by atoms with Crippen molar-refractivity contribution >= 4 is 38.6 Å². The van der Waals surface area contributed by atoms with E-state index in [-0.39, 0.29) is 3.98 Å². The summed E-state index contributed by atoms with van der Waals surface area (Å²) in [5.74, 6) is 0.940. The molecule has 0 amide bonds. The zero-order valence-electron chi connectivity index (χ0n) is 7.16. The van der Waals surface area contributed by atoms with Gasteiger partial charge in [0, 0.05) is 11.3 Å². The van der Waals surface area contributed by atoms with Crippen LogP contribution in [0.25, 0.3) is 0 Å². The molecule has 0 bridgehead atoms. The van der Waals surface area contributed by atoms with Gasteiger partial charge in [0.2, 0.25) is 0 Å². The van der Waals surface area contributed by atoms with E-state index in [9.17, 15) is 4.79 Å². The summed E-state index contributed by atoms with van der Waals surface area (Å²) in [6.45, 7) is 0.746. The lowest BCUT2D eigenvalue weighted by molar-refractivity contribution is 0.237. The van der Waals surface area contributed by atoms with E-state index in [4.69, 9.17) is 8.92 Å². The molecule has 1 aromatic rings. The number of halogens is 1. The molecule has 0 saturated heterocycles. The van der Waals surface area contributed by atoms with E-state index in [2.05, 4.69) is 0 Å². The fourth-order valence-electron chi connectivity index (χ4n) is 1.30. The first-order valence-electron chi connectivity index (χ1n) is 4.05. The van der Waals surface area contributed by atoms with Gasteiger partial charge in [-0.05, 0) is 23.8 Å². The minimum Gasteiger partial charge on any atom is -0.493 e. The van der Waals surface area contributed by atoms with Crippen molar-refractivity contribution in [1.29, 1.82) is 0 Å². The van der Waals surface area contributed by atoms with Crippen molar-refractivity contribution in [2.75, 3.05) is 6.61 Å². The molecular formula is C9H7IO3S. The summed E-state index contributed by atoms with van der Waals surface area (Å²) in [5, 5.41) is 0. The first-order valence-corrected chi connectivity index (χ1v) is 5.87. The number of carbonyl (C=O) groups excluding carboxylic acids is 1. The minimum atomic E-state index is -0.315. The summed E-state index contributed by atoms with van der Waals surface area (Å²) in [5.41, 5.74) is 1.18. The number of carbonyl (C=O) groups is 1. The molecular weight excluding hydrogens is 315 g/mol. The van der Waals surface area contributed by atoms with E-state index in [0.29, 0.717) is 0 Å². The van der Waals surface area contributed by atoms with Gasteiger partial charge >= 0.3 is 3.98 Å². The second kappa shape index (κ2) is 4.39. The van der Waals surface area contributed by atoms with Crippen LogP contribution in [0, 0.1) is 0 Å². The summed E-state index contributed by atoms with van der Waals surface area (Å²) < 4.78 is 9.86. The van der Waals surface area contributed by atoms with E-state index in [1.165, 1.54) is 5.56 Å². The van der Waals surface area contributed by atoms with Crippen molar-refractivity contribution in [2.45, 2.75) is 11.3 Å². The monoisotopic (exact) mass is 322 g/mol. The van der Waals surface area contributed by atoms with E-state index in [1.54, 1.807) is 22.6 Å². The van der Waals surface area contributed by atoms with Gasteiger partial charge in [0.15, 0.2) is 0 Å². The molecule has 2 rings (SSSR count). The lowest BCUT2D eigenvalue weighted by atomic mass is 10.2. The molecule has 0 saturated carbocycles. The number of ether oxygens (including phenoxy) is 1. The van der Waals surface area contributed by atoms with Crippen LogP contribution in [0.5, 0.6) is 5.75 Å². The van der Waals surface area contributed by atoms with Crippen molar-refractivity contribution in [3.8, 4) is 5.75 Å². The van der Waals surface area contributed by atoms with Crippen LogP contribution in [0.4, 0.5) is 4.79 Å². The van der Waals surface area contributed by atoms with Gasteiger partial charge in [0.1, 0.15) is 5.75 Å². The lowest BCUT2D eigenvalue weighted by Crippen LogP contribution is -1.85. The van der Waals surface area contributed by atoms with Crippen LogP contribution in [0.1, 0.15) is 5.56 Å². The molecule has 1 aromatic carbocycles. The fourth-order valence-corrected chi connectivity index (χ4v) is 2.04. The Kier molecular flexibility index (Phi) is 3.17. The van der Waals surface area contributed by atoms with E-state index in [1.807, 2.05) is 18.2 Å². The predicted molar refractivity (Wildman–Crippen MR) is 62.0 cm³/mol. The first-order chi connectivity index (χ1) is 6.75. The van der Waals surface area contributed by atoms with Crippen molar-refractivity contribution in [3.05, 3.63) is 23.8 Å². The molecule has 74 valence electrons. The van der Waals surface area contributed by atoms with Crippen LogP contribution in [-0.4, -0.2) is 10.6 Å². The normalized spacial score (nSPS) is 13.2. The van der Waals surface area contributed by atoms with Gasteiger partial charge in [-0.2, -0.15) is 0 Å². The smallest absolute Gasteiger partial charge is 0.379 e. The molecule has 0 N–H and O–H groups in total. The molecule has 1 aliphatic heterocycles. The van der Waals surface area contributed by atoms with Crippen LogP contribution in [0.2, 0.25) is 0 Å². The third-order valence-electron chi connectivity index (χ3n) is 1.86. The largest absolute Gasteiger partial charge is 0.493 e. The van der Waals surface area contributed by atoms with Gasteiger partial charge in [-0.15, -0.1) is 0 Å². The van der Waals surface area contributed by atoms with Gasteiger partial charge in [-0.3, -0.25) is 0 Å². The van der Waals surface area contributed by atoms with E-state index >= 15 is 0 Å². The Morgan fingerprint density at radius 3 is 3.21 bits per heavy atom. The zero-order chi connectivity index (χ0) is 9.97. The maximum Gasteiger partial charge on any atom is 0.379 e. The second-order valence-corrected chi connectivity index (χ2v) is 4.46. The third kappa shape index (κ3) is 2.33. The SMILES string of the molecule is O=C(I)OSc1ccc2c(c1)CCO2. The number of fused-ring (bicyclic) bond motifs is 1. The molecule has 14 heavy (non-hydrogen) atoms. The van der Waals surface area contributed by atoms with Crippen molar-refractivity contribution < 1.29 is 13.7 Å². The van der Waals surface area contributed by atoms with Crippen molar-refractivity contribution in [1.82, 2.24) is 0 Å². The Hall–Kier alpha value is -0.430. The second-order valence-electron chi connectivity index (χ2n) is 2.77. The first kappa shape index (κ1) is 10.1. The number of hydrogen-bond acceptors (Lipinski definition) is 4. The number of rotatable bonds is 2. The Balaban J connectivity index is 2.09. The van der Waals surface area contributed by atoms with E-state index in [0.717, 1.165) is 35.7 Å². The molecule has 3 nitrogen and oxygen atoms in total. The Morgan fingerprint density at radius 2 is 2.43 bits per heavy atom. The highest BCUT2D eigenvalue weighted by atomic mass is 127. The molecule has 1 aliphatic rings. The van der Waals surface area contributed by atoms with Crippen LogP contribution in [0.3, 0.4) is 0 Å². The van der Waals surface area contributed by atoms with Gasteiger partial charge in [-0.1, -0.05) is 0 Å². The molecule has 0 atom stereocenters. The number of benzene rings is 1. The van der Waals surface area contributed by atoms with Gasteiger partial charge < -0.3 is 8.92 Å². The summed E-state index contributed by atoms with van der Waals surface area (Å²) in [7, 11) is 0. The molecule has 0 radical (unpaired) electrons. The zero-order valence-corrected chi connectivity index (χ0v) is 10.1. The van der Waals surface area contributed by atoms with Gasteiger partial charge in [0.05, 0.1) is 41.2 Å². The summed E-state index contributed by atoms with van der Waals surface area (Å²) in [4.78, 5) is 11.5. The van der Waals surface area contributed by atoms with Crippen LogP contribution < -0.4 is 4.74 Å². The van der Waals surface area contributed by atoms with Crippen molar-refractivity contribution in [3.63, 3.8) is 0 Å². The molecule has 0 aliphatic carbocycles. The summed E-state index contributed by atoms with van der Waals surface area (Å²) in [6.07, 6.45) is 0.932. The standard InChI is InChI=1S/C9H7IO3S/c10-9(11)13-14-7-1-2-8-6(5-7)3-4-12-8/h1-2,5H,3-4H2. The minimum absolute atomic E-state index is 0.315. The Labute approximate surface area is 99.5 Å². The van der Waals surface area contributed by atoms with Gasteiger partial charge in [0.25, 0.3) is 0 Å². The summed E-state index contributed by atoms with van der Waals surface area (Å²) >= 11 is 2.68. The Bertz CT molecular complexity index is 367. The number of hydrogen-bond donors (Lipinski definition) is 0. The Morgan fingerprint density at radius 1 is 1.57 bits per heavy atom. The highest BCUT2D eigenvalue weighted by molar-refractivity contribution is 14.1. The highest BCUT2D eigenvalue weighted by Gasteiger charge is 2.12. The average molecular weight is 322 g/mol. The highest BCUT2D eigenvalue weighted by Crippen LogP contribution is 2.30. The van der Waals surface area contributed by atoms with Gasteiger partial charge in [-0.25, -0.2) is 4.79 Å². The molecule has 1 heterocycles. The summed E-state index contributed by atoms with van der Waals surface area (Å²) in [6, 6.07) is 5.78. The predicted octanol–water partition coefficient (Wildman–Crippen LogP) is 3.20. The van der Waals surface area contributed by atoms with Crippen LogP contribution in [0.15, 0.2) is 23.1 Å². The average Bonchev–Trinajstić information content (AvgIpc) is 2.61. The topological polar surface area (TPSA) is 35.5 Å². The third-order valence-corrected chi connectivity index (χ3v) is 3.06.